The number of anilines is 2. The Labute approximate surface area is 141 Å². The maximum Gasteiger partial charge on any atom is 0.223 e. The molecule has 3 heterocycles. The molecular formula is C17H24N6O. The molecule has 1 aliphatic heterocycles. The fourth-order valence-electron chi connectivity index (χ4n) is 3.69. The van der Waals surface area contributed by atoms with Crippen LogP contribution in [0.3, 0.4) is 0 Å². The van der Waals surface area contributed by atoms with Crippen molar-refractivity contribution in [1.29, 1.82) is 0 Å². The number of hydrogen-bond acceptors (Lipinski definition) is 6. The molecule has 2 aromatic heterocycles. The van der Waals surface area contributed by atoms with E-state index < -0.39 is 0 Å². The summed E-state index contributed by atoms with van der Waals surface area (Å²) in [5, 5.41) is 21.1. The summed E-state index contributed by atoms with van der Waals surface area (Å²) >= 11 is 0. The van der Waals surface area contributed by atoms with E-state index in [-0.39, 0.29) is 6.10 Å². The number of aromatic nitrogens is 4. The van der Waals surface area contributed by atoms with Gasteiger partial charge in [-0.15, -0.1) is 0 Å². The van der Waals surface area contributed by atoms with Crippen LogP contribution in [0.5, 0.6) is 0 Å². The van der Waals surface area contributed by atoms with Crippen LogP contribution in [-0.2, 0) is 6.54 Å². The van der Waals surface area contributed by atoms with Crippen LogP contribution in [0.2, 0.25) is 0 Å². The maximum atomic E-state index is 9.77. The Hall–Kier alpha value is -2.15. The molecule has 7 nitrogen and oxygen atoms in total. The predicted octanol–water partition coefficient (Wildman–Crippen LogP) is 2.12. The lowest BCUT2D eigenvalue weighted by Gasteiger charge is -2.32. The third-order valence-electron chi connectivity index (χ3n) is 5.07. The number of aliphatic hydroxyl groups is 1. The molecule has 0 aromatic carbocycles. The summed E-state index contributed by atoms with van der Waals surface area (Å²) in [6.07, 6.45) is 7.20. The quantitative estimate of drug-likeness (QED) is 0.800. The van der Waals surface area contributed by atoms with E-state index in [2.05, 4.69) is 27.6 Å². The van der Waals surface area contributed by atoms with E-state index >= 15 is 0 Å². The Morgan fingerprint density at radius 1 is 1.38 bits per heavy atom. The van der Waals surface area contributed by atoms with Crippen molar-refractivity contribution in [3.05, 3.63) is 18.5 Å². The van der Waals surface area contributed by atoms with Gasteiger partial charge < -0.3 is 15.7 Å². The van der Waals surface area contributed by atoms with Crippen LogP contribution in [0.1, 0.15) is 32.6 Å². The van der Waals surface area contributed by atoms with Gasteiger partial charge in [-0.1, -0.05) is 6.92 Å². The molecule has 3 N–H and O–H groups in total. The molecule has 24 heavy (non-hydrogen) atoms. The van der Waals surface area contributed by atoms with Crippen LogP contribution < -0.4 is 10.6 Å². The van der Waals surface area contributed by atoms with E-state index in [0.717, 1.165) is 55.8 Å². The van der Waals surface area contributed by atoms with Gasteiger partial charge in [0.1, 0.15) is 5.82 Å². The monoisotopic (exact) mass is 328 g/mol. The third kappa shape index (κ3) is 2.96. The summed E-state index contributed by atoms with van der Waals surface area (Å²) in [7, 11) is 0. The van der Waals surface area contributed by atoms with Gasteiger partial charge in [0.15, 0.2) is 0 Å². The minimum absolute atomic E-state index is 0.171. The van der Waals surface area contributed by atoms with Gasteiger partial charge in [0.05, 0.1) is 23.6 Å². The zero-order valence-electron chi connectivity index (χ0n) is 13.9. The van der Waals surface area contributed by atoms with Crippen LogP contribution in [-0.4, -0.2) is 43.5 Å². The second kappa shape index (κ2) is 6.39. The highest BCUT2D eigenvalue weighted by molar-refractivity contribution is 5.73. The van der Waals surface area contributed by atoms with E-state index in [1.165, 1.54) is 0 Å². The molecule has 2 aliphatic rings. The van der Waals surface area contributed by atoms with E-state index in [4.69, 9.17) is 4.98 Å². The Bertz CT molecular complexity index is 715. The SMILES string of the molecule is C[C@@H]1C[C@H](O)CCC1Nc1nccc(-c2cnn3c2NCCC3)n1. The fraction of sp³-hybridized carbons (Fsp3) is 0.588. The Morgan fingerprint density at radius 2 is 2.29 bits per heavy atom. The van der Waals surface area contributed by atoms with Crippen LogP contribution in [0, 0.1) is 5.92 Å². The molecule has 3 atom stereocenters. The lowest BCUT2D eigenvalue weighted by molar-refractivity contribution is 0.0998. The first-order chi connectivity index (χ1) is 11.7. The van der Waals surface area contributed by atoms with Crippen molar-refractivity contribution in [1.82, 2.24) is 19.7 Å². The van der Waals surface area contributed by atoms with E-state index in [0.29, 0.717) is 17.9 Å². The van der Waals surface area contributed by atoms with Gasteiger partial charge in [0.2, 0.25) is 5.95 Å². The summed E-state index contributed by atoms with van der Waals surface area (Å²) in [5.41, 5.74) is 1.90. The smallest absolute Gasteiger partial charge is 0.223 e. The summed E-state index contributed by atoms with van der Waals surface area (Å²) in [6, 6.07) is 2.23. The van der Waals surface area contributed by atoms with E-state index in [1.807, 2.05) is 16.9 Å². The molecule has 4 rings (SSSR count). The first-order valence-corrected chi connectivity index (χ1v) is 8.78. The second-order valence-electron chi connectivity index (χ2n) is 6.87. The second-order valence-corrected chi connectivity index (χ2v) is 6.87. The number of aryl methyl sites for hydroxylation is 1. The number of aliphatic hydroxyl groups excluding tert-OH is 1. The molecule has 0 saturated heterocycles. The Morgan fingerprint density at radius 3 is 3.17 bits per heavy atom. The van der Waals surface area contributed by atoms with Gasteiger partial charge in [0, 0.05) is 25.3 Å². The normalized spacial score (nSPS) is 26.5. The zero-order valence-corrected chi connectivity index (χ0v) is 13.9. The highest BCUT2D eigenvalue weighted by Crippen LogP contribution is 2.30. The zero-order chi connectivity index (χ0) is 16.5. The van der Waals surface area contributed by atoms with Crippen molar-refractivity contribution in [2.75, 3.05) is 17.2 Å². The molecule has 2 aromatic rings. The number of hydrogen-bond donors (Lipinski definition) is 3. The van der Waals surface area contributed by atoms with Gasteiger partial charge in [0.25, 0.3) is 0 Å². The van der Waals surface area contributed by atoms with E-state index in [1.54, 1.807) is 6.20 Å². The summed E-state index contributed by atoms with van der Waals surface area (Å²) in [4.78, 5) is 9.07. The molecule has 1 fully saturated rings. The lowest BCUT2D eigenvalue weighted by Crippen LogP contribution is -2.36. The molecule has 1 saturated carbocycles. The Balaban J connectivity index is 1.55. The summed E-state index contributed by atoms with van der Waals surface area (Å²) < 4.78 is 2.00. The minimum Gasteiger partial charge on any atom is -0.393 e. The fourth-order valence-corrected chi connectivity index (χ4v) is 3.69. The largest absolute Gasteiger partial charge is 0.393 e. The van der Waals surface area contributed by atoms with Crippen LogP contribution in [0.15, 0.2) is 18.5 Å². The maximum absolute atomic E-state index is 9.77. The average molecular weight is 328 g/mol. The highest BCUT2D eigenvalue weighted by atomic mass is 16.3. The molecule has 1 unspecified atom stereocenters. The highest BCUT2D eigenvalue weighted by Gasteiger charge is 2.27. The average Bonchev–Trinajstić information content (AvgIpc) is 3.02. The number of nitrogens with one attached hydrogen (secondary N) is 2. The summed E-state index contributed by atoms with van der Waals surface area (Å²) in [5.74, 6) is 2.10. The van der Waals surface area contributed by atoms with Crippen LogP contribution in [0.25, 0.3) is 11.3 Å². The van der Waals surface area contributed by atoms with Gasteiger partial charge >= 0.3 is 0 Å². The molecule has 7 heteroatoms. The van der Waals surface area contributed by atoms with Crippen molar-refractivity contribution < 1.29 is 5.11 Å². The molecule has 1 aliphatic carbocycles. The first kappa shape index (κ1) is 15.4. The number of fused-ring (bicyclic) bond motifs is 1. The van der Waals surface area contributed by atoms with Crippen LogP contribution in [0.4, 0.5) is 11.8 Å². The molecule has 0 radical (unpaired) electrons. The van der Waals surface area contributed by atoms with Gasteiger partial charge in [-0.3, -0.25) is 0 Å². The van der Waals surface area contributed by atoms with Crippen molar-refractivity contribution in [2.24, 2.45) is 5.92 Å². The van der Waals surface area contributed by atoms with E-state index in [9.17, 15) is 5.11 Å². The number of nitrogens with zero attached hydrogens (tertiary/aromatic N) is 4. The summed E-state index contributed by atoms with van der Waals surface area (Å²) in [6.45, 7) is 4.08. The van der Waals surface area contributed by atoms with Gasteiger partial charge in [-0.25, -0.2) is 14.6 Å². The van der Waals surface area contributed by atoms with Crippen molar-refractivity contribution >= 4 is 11.8 Å². The van der Waals surface area contributed by atoms with Crippen molar-refractivity contribution in [3.63, 3.8) is 0 Å². The molecule has 128 valence electrons. The Kier molecular flexibility index (Phi) is 4.10. The molecular weight excluding hydrogens is 304 g/mol. The van der Waals surface area contributed by atoms with Crippen molar-refractivity contribution in [2.45, 2.75) is 51.3 Å². The molecule has 0 spiro atoms. The van der Waals surface area contributed by atoms with Gasteiger partial charge in [-0.05, 0) is 37.7 Å². The lowest BCUT2D eigenvalue weighted by atomic mass is 9.84. The van der Waals surface area contributed by atoms with Crippen LogP contribution >= 0.6 is 0 Å². The first-order valence-electron chi connectivity index (χ1n) is 8.78. The number of rotatable bonds is 3. The standard InChI is InChI=1S/C17H24N6O/c1-11-9-12(24)3-4-14(11)21-17-19-7-5-15(22-17)13-10-20-23-8-2-6-18-16(13)23/h5,7,10-12,14,18,24H,2-4,6,8-9H2,1H3,(H,19,21,22)/t11-,12-,14?/m1/s1. The third-order valence-corrected chi connectivity index (χ3v) is 5.07. The molecule has 0 bridgehead atoms. The molecule has 0 amide bonds. The predicted molar refractivity (Wildman–Crippen MR) is 92.8 cm³/mol. The minimum atomic E-state index is -0.171. The van der Waals surface area contributed by atoms with Crippen molar-refractivity contribution in [3.8, 4) is 11.3 Å². The van der Waals surface area contributed by atoms with Gasteiger partial charge in [-0.2, -0.15) is 5.10 Å². The topological polar surface area (TPSA) is 87.9 Å².